The Hall–Kier alpha value is -2.39. The lowest BCUT2D eigenvalue weighted by Gasteiger charge is -2.36. The van der Waals surface area contributed by atoms with Crippen molar-refractivity contribution in [2.24, 2.45) is 5.92 Å². The first kappa shape index (κ1) is 26.6. The van der Waals surface area contributed by atoms with Crippen molar-refractivity contribution in [3.63, 3.8) is 0 Å². The molecular weight excluding hydrogens is 414 g/mol. The van der Waals surface area contributed by atoms with Gasteiger partial charge in [0.05, 0.1) is 6.61 Å². The number of anilines is 1. The summed E-state index contributed by atoms with van der Waals surface area (Å²) in [6.07, 6.45) is -1.29. The zero-order chi connectivity index (χ0) is 24.0. The average Bonchev–Trinajstić information content (AvgIpc) is 2.64. The lowest BCUT2D eigenvalue weighted by Crippen LogP contribution is -2.53. The normalized spacial score (nSPS) is 14.0. The molecule has 174 valence electrons. The molecule has 1 rings (SSSR count). The van der Waals surface area contributed by atoms with E-state index >= 15 is 0 Å². The van der Waals surface area contributed by atoms with Crippen molar-refractivity contribution >= 4 is 31.9 Å². The Balaban J connectivity index is 2.65. The van der Waals surface area contributed by atoms with Crippen LogP contribution >= 0.6 is 0 Å². The van der Waals surface area contributed by atoms with Crippen molar-refractivity contribution in [1.82, 2.24) is 10.6 Å². The van der Waals surface area contributed by atoms with Crippen molar-refractivity contribution in [2.75, 3.05) is 5.32 Å². The Morgan fingerprint density at radius 2 is 1.55 bits per heavy atom. The molecule has 31 heavy (non-hydrogen) atoms. The second-order valence-corrected chi connectivity index (χ2v) is 14.4. The summed E-state index contributed by atoms with van der Waals surface area (Å²) in [5.41, 5.74) is 1.62. The summed E-state index contributed by atoms with van der Waals surface area (Å²) in [6, 6.07) is 5.62. The van der Waals surface area contributed by atoms with Crippen LogP contribution in [0, 0.1) is 5.92 Å². The van der Waals surface area contributed by atoms with E-state index in [4.69, 9.17) is 9.53 Å². The minimum absolute atomic E-state index is 0.135. The number of rotatable bonds is 9. The molecule has 2 atom stereocenters. The van der Waals surface area contributed by atoms with Crippen LogP contribution in [0.2, 0.25) is 18.1 Å². The lowest BCUT2D eigenvalue weighted by atomic mass is 10.0. The summed E-state index contributed by atoms with van der Waals surface area (Å²) < 4.78 is 6.21. The number of nitrogens with one attached hydrogen (secondary N) is 3. The molecule has 8 nitrogen and oxygen atoms in total. The number of carbonyl (C=O) groups excluding carboxylic acids is 2. The van der Waals surface area contributed by atoms with E-state index in [-0.39, 0.29) is 11.0 Å². The van der Waals surface area contributed by atoms with E-state index in [0.717, 1.165) is 5.56 Å². The highest BCUT2D eigenvalue weighted by atomic mass is 28.4. The predicted octanol–water partition coefficient (Wildman–Crippen LogP) is 3.94. The number of carboxylic acid groups (broad SMARTS) is 1. The van der Waals surface area contributed by atoms with Crippen LogP contribution in [0.5, 0.6) is 0 Å². The van der Waals surface area contributed by atoms with Gasteiger partial charge in [-0.05, 0) is 48.7 Å². The molecule has 0 unspecified atom stereocenters. The summed E-state index contributed by atoms with van der Waals surface area (Å²) >= 11 is 0. The molecule has 0 aromatic heterocycles. The highest BCUT2D eigenvalue weighted by Crippen LogP contribution is 2.37. The second-order valence-electron chi connectivity index (χ2n) is 9.64. The summed E-state index contributed by atoms with van der Waals surface area (Å²) in [7, 11) is -1.84. The average molecular weight is 452 g/mol. The van der Waals surface area contributed by atoms with Crippen LogP contribution in [-0.2, 0) is 20.6 Å². The molecular formula is C22H37N3O5Si. The van der Waals surface area contributed by atoms with Gasteiger partial charge in [0, 0.05) is 5.69 Å². The third-order valence-corrected chi connectivity index (χ3v) is 10.1. The first-order valence-corrected chi connectivity index (χ1v) is 13.4. The SMILES string of the molecule is CC(C)[C@H](NC(=O)O)C(=O)N[C@@H](C)C(=O)Nc1ccc(CO[Si](C)(C)C(C)(C)C)cc1. The molecule has 9 heteroatoms. The Morgan fingerprint density at radius 3 is 2.00 bits per heavy atom. The number of carbonyl (C=O) groups is 3. The smallest absolute Gasteiger partial charge is 0.405 e. The fourth-order valence-electron chi connectivity index (χ4n) is 2.45. The Labute approximate surface area is 186 Å². The van der Waals surface area contributed by atoms with Gasteiger partial charge in [-0.1, -0.05) is 46.8 Å². The van der Waals surface area contributed by atoms with Crippen LogP contribution in [0.1, 0.15) is 47.1 Å². The van der Waals surface area contributed by atoms with E-state index in [1.54, 1.807) is 32.9 Å². The number of hydrogen-bond acceptors (Lipinski definition) is 4. The summed E-state index contributed by atoms with van der Waals surface area (Å²) in [5.74, 6) is -1.19. The lowest BCUT2D eigenvalue weighted by molar-refractivity contribution is -0.128. The van der Waals surface area contributed by atoms with Gasteiger partial charge in [0.15, 0.2) is 8.32 Å². The Kier molecular flexibility index (Phi) is 9.25. The van der Waals surface area contributed by atoms with Crippen LogP contribution in [0.15, 0.2) is 24.3 Å². The Bertz CT molecular complexity index is 772. The van der Waals surface area contributed by atoms with Gasteiger partial charge in [0.25, 0.3) is 0 Å². The zero-order valence-corrected chi connectivity index (χ0v) is 20.8. The molecule has 0 aliphatic heterocycles. The van der Waals surface area contributed by atoms with Gasteiger partial charge in [-0.15, -0.1) is 0 Å². The molecule has 0 radical (unpaired) electrons. The quantitative estimate of drug-likeness (QED) is 0.424. The number of benzene rings is 1. The molecule has 1 aromatic carbocycles. The first-order valence-electron chi connectivity index (χ1n) is 10.5. The van der Waals surface area contributed by atoms with E-state index in [2.05, 4.69) is 49.8 Å². The van der Waals surface area contributed by atoms with Crippen molar-refractivity contribution in [1.29, 1.82) is 0 Å². The van der Waals surface area contributed by atoms with Crippen LogP contribution in [0.3, 0.4) is 0 Å². The minimum Gasteiger partial charge on any atom is -0.465 e. The van der Waals surface area contributed by atoms with E-state index < -0.39 is 38.3 Å². The third kappa shape index (κ3) is 8.33. The van der Waals surface area contributed by atoms with E-state index in [1.807, 2.05) is 12.1 Å². The van der Waals surface area contributed by atoms with Crippen molar-refractivity contribution < 1.29 is 23.9 Å². The maximum atomic E-state index is 12.4. The summed E-state index contributed by atoms with van der Waals surface area (Å²) in [5, 5.41) is 16.5. The molecule has 3 amide bonds. The van der Waals surface area contributed by atoms with Crippen molar-refractivity contribution in [3.05, 3.63) is 29.8 Å². The van der Waals surface area contributed by atoms with Crippen molar-refractivity contribution in [3.8, 4) is 0 Å². The fraction of sp³-hybridized carbons (Fsp3) is 0.591. The molecule has 0 saturated heterocycles. The molecule has 0 heterocycles. The van der Waals surface area contributed by atoms with Gasteiger partial charge in [0.1, 0.15) is 12.1 Å². The predicted molar refractivity (Wildman–Crippen MR) is 124 cm³/mol. The van der Waals surface area contributed by atoms with Gasteiger partial charge >= 0.3 is 6.09 Å². The fourth-order valence-corrected chi connectivity index (χ4v) is 3.41. The number of hydrogen-bond donors (Lipinski definition) is 4. The van der Waals surface area contributed by atoms with Gasteiger partial charge < -0.3 is 25.5 Å². The summed E-state index contributed by atoms with van der Waals surface area (Å²) in [6.45, 7) is 16.5. The van der Waals surface area contributed by atoms with Crippen molar-refractivity contribution in [2.45, 2.75) is 78.4 Å². The van der Waals surface area contributed by atoms with Gasteiger partial charge in [0.2, 0.25) is 11.8 Å². The van der Waals surface area contributed by atoms with Crippen LogP contribution < -0.4 is 16.0 Å². The summed E-state index contributed by atoms with van der Waals surface area (Å²) in [4.78, 5) is 35.6. The van der Waals surface area contributed by atoms with Gasteiger partial charge in [-0.25, -0.2) is 4.79 Å². The largest absolute Gasteiger partial charge is 0.465 e. The van der Waals surface area contributed by atoms with Crippen LogP contribution in [0.4, 0.5) is 10.5 Å². The third-order valence-electron chi connectivity index (χ3n) is 5.61. The van der Waals surface area contributed by atoms with E-state index in [1.165, 1.54) is 0 Å². The van der Waals surface area contributed by atoms with E-state index in [0.29, 0.717) is 12.3 Å². The maximum absolute atomic E-state index is 12.4. The molecule has 0 saturated carbocycles. The molecule has 4 N–H and O–H groups in total. The van der Waals surface area contributed by atoms with Crippen LogP contribution in [-0.4, -0.2) is 43.4 Å². The first-order chi connectivity index (χ1) is 14.1. The van der Waals surface area contributed by atoms with Crippen LogP contribution in [0.25, 0.3) is 0 Å². The van der Waals surface area contributed by atoms with Gasteiger partial charge in [-0.3, -0.25) is 9.59 Å². The second kappa shape index (κ2) is 10.8. The molecule has 0 fully saturated rings. The Morgan fingerprint density at radius 1 is 1.00 bits per heavy atom. The monoisotopic (exact) mass is 451 g/mol. The molecule has 0 aliphatic rings. The number of amides is 3. The topological polar surface area (TPSA) is 117 Å². The zero-order valence-electron chi connectivity index (χ0n) is 19.8. The molecule has 1 aromatic rings. The highest BCUT2D eigenvalue weighted by Gasteiger charge is 2.37. The van der Waals surface area contributed by atoms with Gasteiger partial charge in [-0.2, -0.15) is 0 Å². The molecule has 0 bridgehead atoms. The minimum atomic E-state index is -1.84. The maximum Gasteiger partial charge on any atom is 0.405 e. The highest BCUT2D eigenvalue weighted by molar-refractivity contribution is 6.74. The van der Waals surface area contributed by atoms with E-state index in [9.17, 15) is 14.4 Å². The standard InChI is InChI=1S/C22H37N3O5Si/c1-14(2)18(25-21(28)29)20(27)23-15(3)19(26)24-17-11-9-16(10-12-17)13-30-31(7,8)22(4,5)6/h9-12,14-15,18,25H,13H2,1-8H3,(H,23,27)(H,24,26)(H,28,29)/t15-,18-/m0/s1. The molecule has 0 aliphatic carbocycles. The molecule has 0 spiro atoms.